The van der Waals surface area contributed by atoms with Gasteiger partial charge in [-0.25, -0.2) is 0 Å². The molecule has 0 aromatic carbocycles. The number of rotatable bonds is 0. The third kappa shape index (κ3) is 346. The van der Waals surface area contributed by atoms with Gasteiger partial charge in [-0.3, -0.25) is 0 Å². The summed E-state index contributed by atoms with van der Waals surface area (Å²) in [7, 11) is 0. The molecule has 0 aliphatic carbocycles. The molecule has 0 amide bonds. The topological polar surface area (TPSA) is 104 Å². The van der Waals surface area contributed by atoms with E-state index in [1.807, 2.05) is 0 Å². The minimum Gasteiger partial charge on any atom is -0.377 e. The Kier molecular flexibility index (Phi) is 37.7. The molecule has 0 atom stereocenters. The third-order valence-electron chi connectivity index (χ3n) is 0. The predicted octanol–water partition coefficient (Wildman–Crippen LogP) is -2.38. The van der Waals surface area contributed by atoms with Crippen LogP contribution in [0.3, 0.4) is 0 Å². The molecule has 8 N–H and O–H groups in total. The average Bonchev–Trinajstić information content (AvgIpc) is 1.25. The van der Waals surface area contributed by atoms with Crippen LogP contribution in [-0.2, 0) is 0 Å². The van der Waals surface area contributed by atoms with E-state index in [-0.39, 0.29) is 69.3 Å². The Morgan fingerprint density at radius 2 is 0.700 bits per heavy atom. The smallest absolute Gasteiger partial charge is 0.160 e. The summed E-state index contributed by atoms with van der Waals surface area (Å²) in [5.41, 5.74) is 18.5. The van der Waals surface area contributed by atoms with E-state index in [9.17, 15) is 0 Å². The molecule has 50 valence electrons. The first-order valence-corrected chi connectivity index (χ1v) is 2.38. The maximum atomic E-state index is 4.62. The van der Waals surface area contributed by atoms with Gasteiger partial charge in [0.25, 0.3) is 0 Å². The van der Waals surface area contributed by atoms with E-state index in [1.165, 1.54) is 0 Å². The van der Waals surface area contributed by atoms with Gasteiger partial charge in [0.05, 0.1) is 0 Å². The molecule has 0 unspecified atom stereocenters. The van der Waals surface area contributed by atoms with Crippen molar-refractivity contribution >= 4 is 93.8 Å². The van der Waals surface area contributed by atoms with Crippen LogP contribution in [0.5, 0.6) is 0 Å². The number of nitrogens with two attached hydrogens (primary N) is 4. The van der Waals surface area contributed by atoms with Crippen molar-refractivity contribution < 1.29 is 0 Å². The van der Waals surface area contributed by atoms with Crippen molar-refractivity contribution in [2.75, 3.05) is 0 Å². The van der Waals surface area contributed by atoms with Crippen LogP contribution in [0.2, 0.25) is 0 Å². The first-order valence-electron chi connectivity index (χ1n) is 1.56. The zero-order chi connectivity index (χ0) is 7.15. The molecule has 0 aromatic rings. The van der Waals surface area contributed by atoms with Crippen LogP contribution in [-0.4, -0.2) is 69.3 Å². The van der Waals surface area contributed by atoms with Gasteiger partial charge in [-0.1, -0.05) is 0 Å². The van der Waals surface area contributed by atoms with E-state index in [1.54, 1.807) is 0 Å². The summed E-state index contributed by atoms with van der Waals surface area (Å²) in [6.07, 6.45) is 0. The number of hydrogen-bond acceptors (Lipinski definition) is 2. The summed E-state index contributed by atoms with van der Waals surface area (Å²) in [4.78, 5) is 0. The summed E-state index contributed by atoms with van der Waals surface area (Å²) >= 11 is 8.19. The van der Waals surface area contributed by atoms with Crippen LogP contribution < -0.4 is 22.9 Å². The van der Waals surface area contributed by atoms with Crippen LogP contribution in [0.25, 0.3) is 0 Å². The Morgan fingerprint density at radius 3 is 0.700 bits per heavy atom. The Morgan fingerprint density at radius 1 is 0.700 bits per heavy atom. The minimum atomic E-state index is 0. The predicted molar refractivity (Wildman–Crippen MR) is 53.5 cm³/mol. The van der Waals surface area contributed by atoms with E-state index in [2.05, 4.69) is 47.4 Å². The molecule has 8 heteroatoms. The molecule has 10 heavy (non-hydrogen) atoms. The fourth-order valence-corrected chi connectivity index (χ4v) is 0. The van der Waals surface area contributed by atoms with Gasteiger partial charge in [0.1, 0.15) is 0 Å². The summed E-state index contributed by atoms with van der Waals surface area (Å²) in [5, 5.41) is 0.000000000000000444. The Hall–Kier alpha value is 1.38. The van der Waals surface area contributed by atoms with Crippen molar-refractivity contribution in [2.45, 2.75) is 0 Å². The van der Waals surface area contributed by atoms with Gasteiger partial charge in [-0.2, -0.15) is 0 Å². The van der Waals surface area contributed by atoms with Gasteiger partial charge >= 0.3 is 0 Å². The van der Waals surface area contributed by atoms with Crippen molar-refractivity contribution in [2.24, 2.45) is 22.9 Å². The van der Waals surface area contributed by atoms with Crippen molar-refractivity contribution in [3.8, 4) is 0 Å². The van der Waals surface area contributed by atoms with E-state index < -0.39 is 0 Å². The second-order valence-corrected chi connectivity index (χ2v) is 1.75. The van der Waals surface area contributed by atoms with Gasteiger partial charge in [0.2, 0.25) is 0 Å². The molecule has 2 radical (unpaired) electrons. The summed E-state index contributed by atoms with van der Waals surface area (Å²) in [6.45, 7) is 0. The normalized spacial score (nSPS) is 4.80. The van der Waals surface area contributed by atoms with Gasteiger partial charge in [-0.05, 0) is 24.4 Å². The van der Waals surface area contributed by atoms with Crippen LogP contribution in [0.4, 0.5) is 0 Å². The van der Waals surface area contributed by atoms with E-state index >= 15 is 0 Å². The fourth-order valence-electron chi connectivity index (χ4n) is 0. The zero-order valence-electron chi connectivity index (χ0n) is 6.13. The van der Waals surface area contributed by atoms with Crippen molar-refractivity contribution in [3.63, 3.8) is 0 Å². The van der Waals surface area contributed by atoms with Gasteiger partial charge in [0.15, 0.2) is 10.2 Å². The molecule has 0 saturated carbocycles. The van der Waals surface area contributed by atoms with Gasteiger partial charge in [-0.15, -0.1) is 0 Å². The second-order valence-electron chi connectivity index (χ2n) is 0.805. The molecular formula is C2H8N4Na2S2. The molecule has 0 heterocycles. The molecule has 0 fully saturated rings. The number of hydrogen-bond donors (Lipinski definition) is 4. The molecule has 0 spiro atoms. The maximum absolute atomic E-state index is 4.62. The molecule has 0 saturated heterocycles. The van der Waals surface area contributed by atoms with Crippen molar-refractivity contribution in [3.05, 3.63) is 0 Å². The summed E-state index contributed by atoms with van der Waals surface area (Å²) < 4.78 is 0. The quantitative estimate of drug-likeness (QED) is 0.256. The molecule has 0 aliphatic heterocycles. The zero-order valence-corrected chi connectivity index (χ0v) is 11.8. The molecule has 0 bridgehead atoms. The molecule has 0 aromatic heterocycles. The summed E-state index contributed by atoms with van der Waals surface area (Å²) in [6, 6.07) is 0. The first-order chi connectivity index (χ1) is 3.46. The van der Waals surface area contributed by atoms with E-state index in [0.717, 1.165) is 0 Å². The second kappa shape index (κ2) is 16.8. The van der Waals surface area contributed by atoms with Gasteiger partial charge in [0, 0.05) is 59.1 Å². The van der Waals surface area contributed by atoms with Crippen LogP contribution in [0.15, 0.2) is 0 Å². The fraction of sp³-hybridized carbons (Fsp3) is 0. The SMILES string of the molecule is NC(N)=S.NC(N)=S.[Na].[Na]. The number of thiocarbonyl (C=S) groups is 2. The van der Waals surface area contributed by atoms with Crippen LogP contribution in [0, 0.1) is 0 Å². The maximum Gasteiger partial charge on any atom is 0.160 e. The molecule has 0 aliphatic rings. The average molecular weight is 198 g/mol. The van der Waals surface area contributed by atoms with E-state index in [0.29, 0.717) is 0 Å². The largest absolute Gasteiger partial charge is 0.377 e. The Labute approximate surface area is 115 Å². The monoisotopic (exact) mass is 198 g/mol. The minimum absolute atomic E-state index is 0. The third-order valence-corrected chi connectivity index (χ3v) is 0. The molecular weight excluding hydrogens is 190 g/mol. The Balaban J connectivity index is -0.0000000300. The van der Waals surface area contributed by atoms with E-state index in [4.69, 9.17) is 0 Å². The van der Waals surface area contributed by atoms with Crippen LogP contribution in [0.1, 0.15) is 0 Å². The Bertz CT molecular complexity index is 77.3. The summed E-state index contributed by atoms with van der Waals surface area (Å²) in [5.74, 6) is 0. The molecule has 0 rings (SSSR count). The van der Waals surface area contributed by atoms with Gasteiger partial charge < -0.3 is 22.9 Å². The standard InChI is InChI=1S/2CH4N2S.2Na/c2*2-1(3)4;;/h2*(H4,2,3,4);;. The van der Waals surface area contributed by atoms with Crippen molar-refractivity contribution in [1.29, 1.82) is 0 Å². The first kappa shape index (κ1) is 22.5. The van der Waals surface area contributed by atoms with Crippen LogP contribution >= 0.6 is 24.4 Å². The van der Waals surface area contributed by atoms with Crippen molar-refractivity contribution in [1.82, 2.24) is 0 Å². The molecule has 4 nitrogen and oxygen atoms in total.